The summed E-state index contributed by atoms with van der Waals surface area (Å²) >= 11 is 0. The van der Waals surface area contributed by atoms with E-state index in [4.69, 9.17) is 14.2 Å². The minimum absolute atomic E-state index is 0.0610. The number of hydrogen-bond acceptors (Lipinski definition) is 6. The third-order valence-corrected chi connectivity index (χ3v) is 13.4. The van der Waals surface area contributed by atoms with E-state index in [0.717, 1.165) is 57.8 Å². The Kier molecular flexibility index (Phi) is 52.7. The SMILES string of the molecule is CCCCCCCCCCCCCCCCCCCC(=O)OC[C@@H](COC(=O)CCCCCCCCCCCCCCCC)OC(=O)CCCCCCCCCCCCCCCCC. The van der Waals surface area contributed by atoms with Crippen LogP contribution in [-0.2, 0) is 28.6 Å². The first kappa shape index (κ1) is 62.4. The van der Waals surface area contributed by atoms with Crippen LogP contribution in [0.1, 0.15) is 335 Å². The van der Waals surface area contributed by atoms with E-state index in [2.05, 4.69) is 20.8 Å². The molecule has 380 valence electrons. The molecule has 0 fully saturated rings. The summed E-state index contributed by atoms with van der Waals surface area (Å²) in [5, 5.41) is 0. The van der Waals surface area contributed by atoms with Gasteiger partial charge in [0.15, 0.2) is 6.10 Å². The van der Waals surface area contributed by atoms with Crippen LogP contribution in [0.5, 0.6) is 0 Å². The van der Waals surface area contributed by atoms with Gasteiger partial charge in [-0.1, -0.05) is 297 Å². The van der Waals surface area contributed by atoms with Crippen molar-refractivity contribution in [2.24, 2.45) is 0 Å². The quantitative estimate of drug-likeness (QED) is 0.0344. The van der Waals surface area contributed by atoms with Crippen LogP contribution in [-0.4, -0.2) is 37.2 Å². The first-order valence-electron chi connectivity index (χ1n) is 29.0. The molecule has 0 unspecified atom stereocenters. The van der Waals surface area contributed by atoms with Crippen molar-refractivity contribution in [1.82, 2.24) is 0 Å². The van der Waals surface area contributed by atoms with Gasteiger partial charge >= 0.3 is 17.9 Å². The molecule has 0 aromatic heterocycles. The van der Waals surface area contributed by atoms with Gasteiger partial charge in [0, 0.05) is 19.3 Å². The summed E-state index contributed by atoms with van der Waals surface area (Å²) in [6, 6.07) is 0. The summed E-state index contributed by atoms with van der Waals surface area (Å²) in [5.41, 5.74) is 0. The third kappa shape index (κ3) is 51.4. The Morgan fingerprint density at radius 2 is 0.422 bits per heavy atom. The van der Waals surface area contributed by atoms with Gasteiger partial charge in [0.25, 0.3) is 0 Å². The number of esters is 3. The summed E-state index contributed by atoms with van der Waals surface area (Å²) in [4.78, 5) is 38.1. The average molecular weight is 906 g/mol. The Bertz CT molecular complexity index is 951. The monoisotopic (exact) mass is 905 g/mol. The van der Waals surface area contributed by atoms with Crippen LogP contribution >= 0.6 is 0 Å². The van der Waals surface area contributed by atoms with Gasteiger partial charge in [0.05, 0.1) is 0 Å². The lowest BCUT2D eigenvalue weighted by Gasteiger charge is -2.18. The van der Waals surface area contributed by atoms with E-state index in [1.165, 1.54) is 238 Å². The molecular formula is C58H112O6. The van der Waals surface area contributed by atoms with Gasteiger partial charge in [-0.25, -0.2) is 0 Å². The fourth-order valence-electron chi connectivity index (χ4n) is 8.98. The Balaban J connectivity index is 4.28. The zero-order chi connectivity index (χ0) is 46.5. The molecule has 0 radical (unpaired) electrons. The van der Waals surface area contributed by atoms with Crippen LogP contribution < -0.4 is 0 Å². The highest BCUT2D eigenvalue weighted by atomic mass is 16.6. The molecule has 0 aliphatic carbocycles. The maximum atomic E-state index is 12.8. The van der Waals surface area contributed by atoms with Crippen molar-refractivity contribution in [1.29, 1.82) is 0 Å². The number of unbranched alkanes of at least 4 members (excludes halogenated alkanes) is 43. The van der Waals surface area contributed by atoms with Crippen LogP contribution in [0.4, 0.5) is 0 Å². The van der Waals surface area contributed by atoms with Gasteiger partial charge < -0.3 is 14.2 Å². The maximum Gasteiger partial charge on any atom is 0.306 e. The van der Waals surface area contributed by atoms with Crippen LogP contribution in [0, 0.1) is 0 Å². The van der Waals surface area contributed by atoms with Crippen molar-refractivity contribution in [2.75, 3.05) is 13.2 Å². The largest absolute Gasteiger partial charge is 0.462 e. The van der Waals surface area contributed by atoms with Crippen molar-refractivity contribution in [2.45, 2.75) is 341 Å². The van der Waals surface area contributed by atoms with E-state index in [0.29, 0.717) is 19.3 Å². The van der Waals surface area contributed by atoms with Gasteiger partial charge in [-0.05, 0) is 19.3 Å². The lowest BCUT2D eigenvalue weighted by Crippen LogP contribution is -2.30. The fourth-order valence-corrected chi connectivity index (χ4v) is 8.98. The molecule has 6 heteroatoms. The molecule has 6 nitrogen and oxygen atoms in total. The topological polar surface area (TPSA) is 78.9 Å². The predicted octanol–water partition coefficient (Wildman–Crippen LogP) is 19.2. The van der Waals surface area contributed by atoms with Gasteiger partial charge in [-0.2, -0.15) is 0 Å². The summed E-state index contributed by atoms with van der Waals surface area (Å²) < 4.78 is 16.9. The fraction of sp³-hybridized carbons (Fsp3) is 0.948. The molecule has 0 N–H and O–H groups in total. The molecular weight excluding hydrogens is 793 g/mol. The molecule has 64 heavy (non-hydrogen) atoms. The molecule has 0 rings (SSSR count). The van der Waals surface area contributed by atoms with Gasteiger partial charge in [0.1, 0.15) is 13.2 Å². The Hall–Kier alpha value is -1.59. The van der Waals surface area contributed by atoms with E-state index < -0.39 is 6.10 Å². The maximum absolute atomic E-state index is 12.8. The van der Waals surface area contributed by atoms with E-state index in [9.17, 15) is 14.4 Å². The molecule has 0 bridgehead atoms. The Labute approximate surface area is 399 Å². The average Bonchev–Trinajstić information content (AvgIpc) is 3.29. The highest BCUT2D eigenvalue weighted by molar-refractivity contribution is 5.71. The second-order valence-electron chi connectivity index (χ2n) is 19.9. The summed E-state index contributed by atoms with van der Waals surface area (Å²) in [5.74, 6) is -0.831. The third-order valence-electron chi connectivity index (χ3n) is 13.4. The van der Waals surface area contributed by atoms with Gasteiger partial charge in [-0.15, -0.1) is 0 Å². The Morgan fingerprint density at radius 1 is 0.250 bits per heavy atom. The minimum Gasteiger partial charge on any atom is -0.462 e. The number of ether oxygens (including phenoxy) is 3. The number of rotatable bonds is 54. The van der Waals surface area contributed by atoms with Crippen LogP contribution in [0.25, 0.3) is 0 Å². The highest BCUT2D eigenvalue weighted by Gasteiger charge is 2.19. The second-order valence-corrected chi connectivity index (χ2v) is 19.9. The lowest BCUT2D eigenvalue weighted by atomic mass is 10.0. The normalized spacial score (nSPS) is 11.9. The molecule has 0 heterocycles. The molecule has 0 aromatic carbocycles. The molecule has 0 spiro atoms. The van der Waals surface area contributed by atoms with Crippen LogP contribution in [0.2, 0.25) is 0 Å². The van der Waals surface area contributed by atoms with Crippen molar-refractivity contribution in [3.63, 3.8) is 0 Å². The van der Waals surface area contributed by atoms with Crippen molar-refractivity contribution < 1.29 is 28.6 Å². The van der Waals surface area contributed by atoms with Crippen LogP contribution in [0.3, 0.4) is 0 Å². The summed E-state index contributed by atoms with van der Waals surface area (Å²) in [6.45, 7) is 6.71. The van der Waals surface area contributed by atoms with E-state index in [-0.39, 0.29) is 31.1 Å². The van der Waals surface area contributed by atoms with E-state index in [1.54, 1.807) is 0 Å². The first-order valence-corrected chi connectivity index (χ1v) is 29.0. The predicted molar refractivity (Wildman–Crippen MR) is 275 cm³/mol. The molecule has 0 saturated heterocycles. The molecule has 0 aliphatic rings. The zero-order valence-electron chi connectivity index (χ0n) is 43.6. The number of hydrogen-bond donors (Lipinski definition) is 0. The second kappa shape index (κ2) is 54.0. The molecule has 0 amide bonds. The van der Waals surface area contributed by atoms with Crippen LogP contribution in [0.15, 0.2) is 0 Å². The zero-order valence-corrected chi connectivity index (χ0v) is 43.6. The minimum atomic E-state index is -0.761. The van der Waals surface area contributed by atoms with Crippen molar-refractivity contribution in [3.8, 4) is 0 Å². The van der Waals surface area contributed by atoms with E-state index in [1.807, 2.05) is 0 Å². The first-order chi connectivity index (χ1) is 31.5. The highest BCUT2D eigenvalue weighted by Crippen LogP contribution is 2.18. The van der Waals surface area contributed by atoms with Gasteiger partial charge in [0.2, 0.25) is 0 Å². The van der Waals surface area contributed by atoms with Gasteiger partial charge in [-0.3, -0.25) is 14.4 Å². The molecule has 0 saturated carbocycles. The lowest BCUT2D eigenvalue weighted by molar-refractivity contribution is -0.167. The number of carbonyl (C=O) groups is 3. The smallest absolute Gasteiger partial charge is 0.306 e. The summed E-state index contributed by atoms with van der Waals surface area (Å²) in [7, 11) is 0. The Morgan fingerprint density at radius 3 is 0.625 bits per heavy atom. The molecule has 0 aromatic rings. The summed E-state index contributed by atoms with van der Waals surface area (Å²) in [6.07, 6.45) is 59.4. The van der Waals surface area contributed by atoms with E-state index >= 15 is 0 Å². The molecule has 1 atom stereocenters. The van der Waals surface area contributed by atoms with Crippen molar-refractivity contribution in [3.05, 3.63) is 0 Å². The standard InChI is InChI=1S/C58H112O6/c1-4-7-10-13-16-19-22-25-28-29-31-33-36-39-42-45-48-51-57(60)63-54-55(53-62-56(59)50-47-44-41-38-35-32-27-24-21-18-15-12-9-6-3)64-58(61)52-49-46-43-40-37-34-30-26-23-20-17-14-11-8-5-2/h55H,4-54H2,1-3H3/t55-/m1/s1. The number of carbonyl (C=O) groups excluding carboxylic acids is 3. The molecule has 0 aliphatic heterocycles. The van der Waals surface area contributed by atoms with Crippen molar-refractivity contribution >= 4 is 17.9 Å².